The van der Waals surface area contributed by atoms with Crippen molar-refractivity contribution in [2.75, 3.05) is 23.3 Å². The van der Waals surface area contributed by atoms with Gasteiger partial charge in [0.05, 0.1) is 11.4 Å². The number of hydrogen-bond donors (Lipinski definition) is 1. The predicted molar refractivity (Wildman–Crippen MR) is 66.9 cm³/mol. The van der Waals surface area contributed by atoms with Gasteiger partial charge < -0.3 is 10.2 Å². The van der Waals surface area contributed by atoms with Gasteiger partial charge in [-0.25, -0.2) is 0 Å². The fraction of sp³-hybridized carbons (Fsp3) is 0.462. The molecule has 1 aliphatic heterocycles. The van der Waals surface area contributed by atoms with Gasteiger partial charge in [-0.3, -0.25) is 4.79 Å². The smallest absolute Gasteiger partial charge is 0.211 e. The normalized spacial score (nSPS) is 15.9. The molecule has 0 aliphatic carbocycles. The number of nitrogens with one attached hydrogen (secondary N) is 1. The fourth-order valence-corrected chi connectivity index (χ4v) is 2.24. The Morgan fingerprint density at radius 2 is 2.00 bits per heavy atom. The zero-order valence-corrected chi connectivity index (χ0v) is 9.70. The number of aryl methyl sites for hydroxylation is 1. The summed E-state index contributed by atoms with van der Waals surface area (Å²) in [5.41, 5.74) is 3.25. The maximum absolute atomic E-state index is 10.6. The first-order chi connectivity index (χ1) is 7.81. The third-order valence-electron chi connectivity index (χ3n) is 3.06. The zero-order chi connectivity index (χ0) is 11.4. The first-order valence-corrected chi connectivity index (χ1v) is 5.87. The highest BCUT2D eigenvalue weighted by Crippen LogP contribution is 2.28. The van der Waals surface area contributed by atoms with E-state index in [9.17, 15) is 4.79 Å². The Morgan fingerprint density at radius 3 is 2.69 bits per heavy atom. The lowest BCUT2D eigenvalue weighted by molar-refractivity contribution is -0.105. The number of rotatable bonds is 3. The van der Waals surface area contributed by atoms with E-state index in [-0.39, 0.29) is 0 Å². The van der Waals surface area contributed by atoms with E-state index in [0.29, 0.717) is 0 Å². The van der Waals surface area contributed by atoms with Crippen LogP contribution in [-0.4, -0.2) is 19.5 Å². The van der Waals surface area contributed by atoms with E-state index in [0.717, 1.165) is 30.9 Å². The molecule has 86 valence electrons. The van der Waals surface area contributed by atoms with Crippen molar-refractivity contribution in [1.29, 1.82) is 0 Å². The van der Waals surface area contributed by atoms with E-state index < -0.39 is 0 Å². The summed E-state index contributed by atoms with van der Waals surface area (Å²) < 4.78 is 0. The fourth-order valence-electron chi connectivity index (χ4n) is 2.24. The summed E-state index contributed by atoms with van der Waals surface area (Å²) in [4.78, 5) is 12.9. The predicted octanol–water partition coefficient (Wildman–Crippen LogP) is 2.55. The molecule has 1 aromatic rings. The van der Waals surface area contributed by atoms with Crippen LogP contribution in [0.2, 0.25) is 0 Å². The van der Waals surface area contributed by atoms with Crippen molar-refractivity contribution in [1.82, 2.24) is 0 Å². The first-order valence-electron chi connectivity index (χ1n) is 5.87. The minimum atomic E-state index is 0.752. The van der Waals surface area contributed by atoms with Gasteiger partial charge in [-0.1, -0.05) is 6.07 Å². The lowest BCUT2D eigenvalue weighted by Crippen LogP contribution is -2.30. The van der Waals surface area contributed by atoms with Gasteiger partial charge in [-0.05, 0) is 43.9 Å². The Hall–Kier alpha value is -1.51. The summed E-state index contributed by atoms with van der Waals surface area (Å²) in [6.45, 7) is 4.23. The molecule has 0 radical (unpaired) electrons. The van der Waals surface area contributed by atoms with Crippen LogP contribution in [-0.2, 0) is 4.79 Å². The maximum Gasteiger partial charge on any atom is 0.211 e. The average Bonchev–Trinajstić information content (AvgIpc) is 2.31. The van der Waals surface area contributed by atoms with Crippen LogP contribution < -0.4 is 10.2 Å². The molecular formula is C13H18N2O. The molecule has 0 unspecified atom stereocenters. The Bertz CT molecular complexity index is 370. The van der Waals surface area contributed by atoms with Crippen LogP contribution in [0.25, 0.3) is 0 Å². The van der Waals surface area contributed by atoms with E-state index >= 15 is 0 Å². The van der Waals surface area contributed by atoms with Gasteiger partial charge in [0.1, 0.15) is 0 Å². The second kappa shape index (κ2) is 5.01. The number of amides is 1. The van der Waals surface area contributed by atoms with Crippen molar-refractivity contribution in [2.24, 2.45) is 0 Å². The highest BCUT2D eigenvalue weighted by atomic mass is 16.1. The third kappa shape index (κ3) is 2.35. The molecule has 3 heteroatoms. The first kappa shape index (κ1) is 11.0. The van der Waals surface area contributed by atoms with Crippen LogP contribution in [0.1, 0.15) is 24.8 Å². The van der Waals surface area contributed by atoms with E-state index in [4.69, 9.17) is 0 Å². The van der Waals surface area contributed by atoms with Crippen LogP contribution in [0.15, 0.2) is 18.2 Å². The molecule has 0 saturated carbocycles. The molecule has 1 amide bonds. The number of piperidine rings is 1. The zero-order valence-electron chi connectivity index (χ0n) is 9.70. The second-order valence-electron chi connectivity index (χ2n) is 4.33. The van der Waals surface area contributed by atoms with E-state index in [1.165, 1.54) is 24.8 Å². The number of anilines is 2. The second-order valence-corrected chi connectivity index (χ2v) is 4.33. The molecule has 1 aliphatic rings. The summed E-state index contributed by atoms with van der Waals surface area (Å²) in [5.74, 6) is 0. The summed E-state index contributed by atoms with van der Waals surface area (Å²) >= 11 is 0. The summed E-state index contributed by atoms with van der Waals surface area (Å²) in [5, 5.41) is 2.79. The van der Waals surface area contributed by atoms with Gasteiger partial charge in [0.15, 0.2) is 0 Å². The SMILES string of the molecule is Cc1ccc(N2CCCCC2)c(NC=O)c1. The highest BCUT2D eigenvalue weighted by molar-refractivity contribution is 5.81. The van der Waals surface area contributed by atoms with Gasteiger partial charge in [0, 0.05) is 13.1 Å². The lowest BCUT2D eigenvalue weighted by atomic mass is 10.1. The molecule has 1 N–H and O–H groups in total. The number of carbonyl (C=O) groups is 1. The molecular weight excluding hydrogens is 200 g/mol. The molecule has 2 rings (SSSR count). The summed E-state index contributed by atoms with van der Waals surface area (Å²) in [6.07, 6.45) is 4.56. The Morgan fingerprint density at radius 1 is 1.25 bits per heavy atom. The maximum atomic E-state index is 10.6. The molecule has 0 aromatic heterocycles. The van der Waals surface area contributed by atoms with E-state index in [2.05, 4.69) is 22.3 Å². The molecule has 0 atom stereocenters. The molecule has 0 bridgehead atoms. The largest absolute Gasteiger partial charge is 0.370 e. The van der Waals surface area contributed by atoms with Gasteiger partial charge >= 0.3 is 0 Å². The quantitative estimate of drug-likeness (QED) is 0.791. The van der Waals surface area contributed by atoms with E-state index in [1.807, 2.05) is 13.0 Å². The monoisotopic (exact) mass is 218 g/mol. The lowest BCUT2D eigenvalue weighted by Gasteiger charge is -2.30. The number of hydrogen-bond acceptors (Lipinski definition) is 2. The van der Waals surface area contributed by atoms with Crippen LogP contribution in [0.3, 0.4) is 0 Å². The van der Waals surface area contributed by atoms with Crippen LogP contribution in [0.4, 0.5) is 11.4 Å². The average molecular weight is 218 g/mol. The number of carbonyl (C=O) groups excluding carboxylic acids is 1. The Labute approximate surface area is 96.5 Å². The molecule has 3 nitrogen and oxygen atoms in total. The Balaban J connectivity index is 2.26. The van der Waals surface area contributed by atoms with Crippen molar-refractivity contribution < 1.29 is 4.79 Å². The van der Waals surface area contributed by atoms with Gasteiger partial charge in [-0.2, -0.15) is 0 Å². The molecule has 1 saturated heterocycles. The highest BCUT2D eigenvalue weighted by Gasteiger charge is 2.14. The minimum Gasteiger partial charge on any atom is -0.370 e. The minimum absolute atomic E-state index is 0.752. The molecule has 1 fully saturated rings. The standard InChI is InChI=1S/C13H18N2O/c1-11-5-6-13(12(9-11)14-10-16)15-7-3-2-4-8-15/h5-6,9-10H,2-4,7-8H2,1H3,(H,14,16). The molecule has 16 heavy (non-hydrogen) atoms. The van der Waals surface area contributed by atoms with Crippen molar-refractivity contribution in [3.05, 3.63) is 23.8 Å². The summed E-state index contributed by atoms with van der Waals surface area (Å²) in [6, 6.07) is 6.23. The van der Waals surface area contributed by atoms with Gasteiger partial charge in [0.25, 0.3) is 0 Å². The van der Waals surface area contributed by atoms with Crippen molar-refractivity contribution >= 4 is 17.8 Å². The van der Waals surface area contributed by atoms with Crippen molar-refractivity contribution in [2.45, 2.75) is 26.2 Å². The molecule has 0 spiro atoms. The van der Waals surface area contributed by atoms with Crippen LogP contribution >= 0.6 is 0 Å². The van der Waals surface area contributed by atoms with Crippen molar-refractivity contribution in [3.8, 4) is 0 Å². The third-order valence-corrected chi connectivity index (χ3v) is 3.06. The Kier molecular flexibility index (Phi) is 3.44. The van der Waals surface area contributed by atoms with Gasteiger partial charge in [-0.15, -0.1) is 0 Å². The van der Waals surface area contributed by atoms with Gasteiger partial charge in [0.2, 0.25) is 6.41 Å². The summed E-state index contributed by atoms with van der Waals surface area (Å²) in [7, 11) is 0. The number of benzene rings is 1. The van der Waals surface area contributed by atoms with E-state index in [1.54, 1.807) is 0 Å². The van der Waals surface area contributed by atoms with Crippen LogP contribution in [0.5, 0.6) is 0 Å². The van der Waals surface area contributed by atoms with Crippen LogP contribution in [0, 0.1) is 6.92 Å². The molecule has 1 aromatic carbocycles. The topological polar surface area (TPSA) is 32.3 Å². The number of nitrogens with zero attached hydrogens (tertiary/aromatic N) is 1. The molecule has 1 heterocycles. The van der Waals surface area contributed by atoms with Crippen molar-refractivity contribution in [3.63, 3.8) is 0 Å².